The maximum atomic E-state index is 12.3. The molecule has 1 heterocycles. The van der Waals surface area contributed by atoms with E-state index in [4.69, 9.17) is 9.15 Å². The van der Waals surface area contributed by atoms with Gasteiger partial charge in [0, 0.05) is 39.2 Å². The Morgan fingerprint density at radius 2 is 2.00 bits per heavy atom. The van der Waals surface area contributed by atoms with E-state index in [9.17, 15) is 4.79 Å². The van der Waals surface area contributed by atoms with Crippen molar-refractivity contribution in [2.45, 2.75) is 33.6 Å². The van der Waals surface area contributed by atoms with E-state index in [0.29, 0.717) is 6.54 Å². The van der Waals surface area contributed by atoms with Crippen molar-refractivity contribution in [2.24, 2.45) is 0 Å². The third-order valence-electron chi connectivity index (χ3n) is 5.01. The van der Waals surface area contributed by atoms with E-state index in [1.54, 1.807) is 19.4 Å². The van der Waals surface area contributed by atoms with E-state index >= 15 is 0 Å². The summed E-state index contributed by atoms with van der Waals surface area (Å²) in [6.07, 6.45) is 5.43. The highest BCUT2D eigenvalue weighted by atomic mass is 79.9. The summed E-state index contributed by atoms with van der Waals surface area (Å²) in [6.45, 7) is 6.70. The number of aryl methyl sites for hydroxylation is 1. The number of hydrogen-bond donors (Lipinski definition) is 1. The van der Waals surface area contributed by atoms with Crippen molar-refractivity contribution in [1.29, 1.82) is 0 Å². The van der Waals surface area contributed by atoms with Gasteiger partial charge >= 0.3 is 0 Å². The molecule has 0 radical (unpaired) electrons. The zero-order valence-electron chi connectivity index (χ0n) is 17.3. The lowest BCUT2D eigenvalue weighted by molar-refractivity contribution is -0.116. The van der Waals surface area contributed by atoms with Crippen LogP contribution >= 0.6 is 15.9 Å². The molecule has 0 aliphatic carbocycles. The number of amides is 1. The Hall–Kier alpha value is -2.53. The summed E-state index contributed by atoms with van der Waals surface area (Å²) in [7, 11) is 1.64. The van der Waals surface area contributed by atoms with Crippen molar-refractivity contribution in [2.75, 3.05) is 13.7 Å². The molecule has 2 aromatic carbocycles. The predicted octanol–water partition coefficient (Wildman–Crippen LogP) is 6.50. The summed E-state index contributed by atoms with van der Waals surface area (Å²) in [6, 6.07) is 10.2. The smallest absolute Gasteiger partial charge is 0.244 e. The Kier molecular flexibility index (Phi) is 6.80. The molecule has 0 saturated carbocycles. The largest absolute Gasteiger partial charge is 0.496 e. The molecule has 0 spiro atoms. The van der Waals surface area contributed by atoms with Gasteiger partial charge in [-0.1, -0.05) is 41.4 Å². The van der Waals surface area contributed by atoms with E-state index in [-0.39, 0.29) is 5.91 Å². The molecule has 3 rings (SSSR count). The molecule has 3 aromatic rings. The van der Waals surface area contributed by atoms with Crippen LogP contribution in [0.1, 0.15) is 37.8 Å². The maximum Gasteiger partial charge on any atom is 0.244 e. The van der Waals surface area contributed by atoms with E-state index < -0.39 is 0 Å². The fourth-order valence-corrected chi connectivity index (χ4v) is 3.70. The molecule has 0 aliphatic rings. The molecule has 1 aromatic heterocycles. The fourth-order valence-electron chi connectivity index (χ4n) is 3.44. The van der Waals surface area contributed by atoms with Crippen LogP contribution in [0.4, 0.5) is 0 Å². The molecule has 0 saturated heterocycles. The number of carbonyl (C=O) groups excluding carboxylic acids is 1. The van der Waals surface area contributed by atoms with Crippen LogP contribution in [0.15, 0.2) is 51.6 Å². The van der Waals surface area contributed by atoms with Gasteiger partial charge in [-0.25, -0.2) is 0 Å². The van der Waals surface area contributed by atoms with E-state index in [1.807, 2.05) is 32.0 Å². The number of allylic oxidation sites excluding steroid dienone is 1. The molecule has 1 N–H and O–H groups in total. The van der Waals surface area contributed by atoms with Gasteiger partial charge in [-0.05, 0) is 49.6 Å². The Morgan fingerprint density at radius 3 is 2.66 bits per heavy atom. The minimum absolute atomic E-state index is 0.0870. The summed E-state index contributed by atoms with van der Waals surface area (Å²) in [5.74, 6) is 0.639. The van der Waals surface area contributed by atoms with Crippen molar-refractivity contribution < 1.29 is 13.9 Å². The standard InChI is InChI=1S/C24H26BrNO3/c1-5-6-11-26-22(27)12-15(2)19-13-20-21(17-7-9-18(25)10-8-17)14-29-24(20)16(3)23(19)28-4/h7-10,12-14H,5-6,11H2,1-4H3,(H,26,27)/b15-12+. The molecule has 5 heteroatoms. The molecule has 4 nitrogen and oxygen atoms in total. The second-order valence-electron chi connectivity index (χ2n) is 7.09. The number of benzene rings is 2. The topological polar surface area (TPSA) is 51.5 Å². The molecule has 1 amide bonds. The molecule has 0 fully saturated rings. The fraction of sp³-hybridized carbons (Fsp3) is 0.292. The molecule has 152 valence electrons. The van der Waals surface area contributed by atoms with Crippen LogP contribution in [-0.2, 0) is 4.79 Å². The molecule has 0 unspecified atom stereocenters. The van der Waals surface area contributed by atoms with Crippen LogP contribution in [0.3, 0.4) is 0 Å². The summed E-state index contributed by atoms with van der Waals surface area (Å²) >= 11 is 3.48. The third kappa shape index (κ3) is 4.56. The average Bonchev–Trinajstić information content (AvgIpc) is 3.13. The number of unbranched alkanes of at least 4 members (excludes halogenated alkanes) is 1. The number of carbonyl (C=O) groups is 1. The lowest BCUT2D eigenvalue weighted by atomic mass is 9.96. The van der Waals surface area contributed by atoms with Gasteiger partial charge < -0.3 is 14.5 Å². The molecule has 0 atom stereocenters. The summed E-state index contributed by atoms with van der Waals surface area (Å²) in [5, 5.41) is 3.93. The number of furan rings is 1. The van der Waals surface area contributed by atoms with E-state index in [1.165, 1.54) is 0 Å². The summed E-state index contributed by atoms with van der Waals surface area (Å²) < 4.78 is 12.6. The zero-order valence-corrected chi connectivity index (χ0v) is 18.9. The summed E-state index contributed by atoms with van der Waals surface area (Å²) in [4.78, 5) is 12.3. The quantitative estimate of drug-likeness (QED) is 0.326. The number of methoxy groups -OCH3 is 1. The zero-order chi connectivity index (χ0) is 21.0. The molecule has 29 heavy (non-hydrogen) atoms. The van der Waals surface area contributed by atoms with E-state index in [2.05, 4.69) is 40.3 Å². The predicted molar refractivity (Wildman–Crippen MR) is 122 cm³/mol. The second kappa shape index (κ2) is 9.31. The first kappa shape index (κ1) is 21.2. The van der Waals surface area contributed by atoms with Gasteiger partial charge in [0.05, 0.1) is 13.4 Å². The highest BCUT2D eigenvalue weighted by Gasteiger charge is 2.18. The van der Waals surface area contributed by atoms with Crippen LogP contribution in [0.2, 0.25) is 0 Å². The second-order valence-corrected chi connectivity index (χ2v) is 8.00. The number of ether oxygens (including phenoxy) is 1. The van der Waals surface area contributed by atoms with Crippen LogP contribution in [0, 0.1) is 6.92 Å². The Labute approximate surface area is 180 Å². The number of halogens is 1. The van der Waals surface area contributed by atoms with Gasteiger partial charge in [0.25, 0.3) is 0 Å². The number of rotatable bonds is 7. The van der Waals surface area contributed by atoms with Gasteiger partial charge in [0.2, 0.25) is 5.91 Å². The monoisotopic (exact) mass is 455 g/mol. The Balaban J connectivity index is 2.07. The molecule has 0 bridgehead atoms. The Morgan fingerprint density at radius 1 is 1.28 bits per heavy atom. The number of hydrogen-bond acceptors (Lipinski definition) is 3. The molecule has 0 aliphatic heterocycles. The number of fused-ring (bicyclic) bond motifs is 1. The van der Waals surface area contributed by atoms with Crippen LogP contribution < -0.4 is 10.1 Å². The first-order valence-corrected chi connectivity index (χ1v) is 10.6. The van der Waals surface area contributed by atoms with Gasteiger partial charge in [0.1, 0.15) is 11.3 Å². The van der Waals surface area contributed by atoms with Crippen molar-refractivity contribution in [3.05, 3.63) is 58.3 Å². The van der Waals surface area contributed by atoms with Gasteiger partial charge in [-0.2, -0.15) is 0 Å². The first-order chi connectivity index (χ1) is 14.0. The normalized spacial score (nSPS) is 11.7. The number of nitrogens with one attached hydrogen (secondary N) is 1. The molecular formula is C24H26BrNO3. The lowest BCUT2D eigenvalue weighted by Crippen LogP contribution is -2.22. The van der Waals surface area contributed by atoms with Crippen molar-refractivity contribution in [1.82, 2.24) is 5.32 Å². The van der Waals surface area contributed by atoms with Gasteiger partial charge in [0.15, 0.2) is 0 Å². The minimum atomic E-state index is -0.0870. The van der Waals surface area contributed by atoms with Crippen LogP contribution in [-0.4, -0.2) is 19.6 Å². The highest BCUT2D eigenvalue weighted by molar-refractivity contribution is 9.10. The van der Waals surface area contributed by atoms with Crippen molar-refractivity contribution in [3.63, 3.8) is 0 Å². The molecular weight excluding hydrogens is 430 g/mol. The van der Waals surface area contributed by atoms with Crippen molar-refractivity contribution >= 4 is 38.4 Å². The van der Waals surface area contributed by atoms with Crippen LogP contribution in [0.25, 0.3) is 27.7 Å². The van der Waals surface area contributed by atoms with Crippen LogP contribution in [0.5, 0.6) is 5.75 Å². The third-order valence-corrected chi connectivity index (χ3v) is 5.53. The lowest BCUT2D eigenvalue weighted by Gasteiger charge is -2.13. The van der Waals surface area contributed by atoms with Crippen molar-refractivity contribution in [3.8, 4) is 16.9 Å². The van der Waals surface area contributed by atoms with Gasteiger partial charge in [-0.15, -0.1) is 0 Å². The minimum Gasteiger partial charge on any atom is -0.496 e. The van der Waals surface area contributed by atoms with Gasteiger partial charge in [-0.3, -0.25) is 4.79 Å². The van der Waals surface area contributed by atoms with E-state index in [0.717, 1.165) is 61.9 Å². The average molecular weight is 456 g/mol. The SMILES string of the molecule is CCCCNC(=O)/C=C(\C)c1cc2c(-c3ccc(Br)cc3)coc2c(C)c1OC. The summed E-state index contributed by atoms with van der Waals surface area (Å²) in [5.41, 5.74) is 5.54. The first-order valence-electron chi connectivity index (χ1n) is 9.77. The Bertz CT molecular complexity index is 1050. The highest BCUT2D eigenvalue weighted by Crippen LogP contribution is 2.40. The maximum absolute atomic E-state index is 12.3.